The fourth-order valence-electron chi connectivity index (χ4n) is 7.12. The summed E-state index contributed by atoms with van der Waals surface area (Å²) in [6, 6.07) is 20.8. The summed E-state index contributed by atoms with van der Waals surface area (Å²) in [7, 11) is 1.40. The SMILES string of the molecule is COC(=O)C[C@H](CN1CC2(CN(Cc3ccc4c(n3)NCCC4)CC2(F)F)C1)c1cc(-c2ccccc2)cc(C(C)(C)C)c1. The van der Waals surface area contributed by atoms with Crippen molar-refractivity contribution in [1.29, 1.82) is 0 Å². The first-order chi connectivity index (χ1) is 20.9. The van der Waals surface area contributed by atoms with E-state index in [9.17, 15) is 4.79 Å². The number of likely N-dealkylation sites (tertiary alicyclic amines) is 2. The van der Waals surface area contributed by atoms with Gasteiger partial charge in [0.1, 0.15) is 5.82 Å². The van der Waals surface area contributed by atoms with E-state index in [0.29, 0.717) is 32.7 Å². The van der Waals surface area contributed by atoms with Crippen molar-refractivity contribution in [2.75, 3.05) is 51.7 Å². The lowest BCUT2D eigenvalue weighted by atomic mass is 9.75. The van der Waals surface area contributed by atoms with Crippen molar-refractivity contribution in [3.05, 3.63) is 83.0 Å². The van der Waals surface area contributed by atoms with Gasteiger partial charge in [-0.3, -0.25) is 9.69 Å². The van der Waals surface area contributed by atoms with Gasteiger partial charge in [-0.2, -0.15) is 0 Å². The second kappa shape index (κ2) is 11.9. The monoisotopic (exact) mass is 602 g/mol. The topological polar surface area (TPSA) is 57.7 Å². The number of ether oxygens (including phenoxy) is 1. The van der Waals surface area contributed by atoms with E-state index in [2.05, 4.69) is 67.4 Å². The zero-order valence-corrected chi connectivity index (χ0v) is 26.3. The molecule has 2 saturated heterocycles. The van der Waals surface area contributed by atoms with Gasteiger partial charge >= 0.3 is 5.97 Å². The van der Waals surface area contributed by atoms with Crippen LogP contribution in [0.15, 0.2) is 60.7 Å². The maximum absolute atomic E-state index is 15.6. The molecule has 1 N–H and O–H groups in total. The number of carbonyl (C=O) groups is 1. The minimum absolute atomic E-state index is 0.103. The number of aryl methyl sites for hydroxylation is 1. The minimum atomic E-state index is -2.79. The normalized spacial score (nSPS) is 20.0. The number of hydrogen-bond donors (Lipinski definition) is 1. The Bertz CT molecular complexity index is 1500. The lowest BCUT2D eigenvalue weighted by molar-refractivity contribution is -0.158. The summed E-state index contributed by atoms with van der Waals surface area (Å²) in [6.07, 6.45) is 2.28. The van der Waals surface area contributed by atoms with Crippen LogP contribution in [0.25, 0.3) is 11.1 Å². The van der Waals surface area contributed by atoms with Crippen molar-refractivity contribution >= 4 is 11.8 Å². The van der Waals surface area contributed by atoms with Gasteiger partial charge in [0, 0.05) is 45.2 Å². The fourth-order valence-corrected chi connectivity index (χ4v) is 7.12. The molecular weight excluding hydrogens is 558 g/mol. The molecule has 3 aliphatic heterocycles. The van der Waals surface area contributed by atoms with Crippen molar-refractivity contribution in [3.63, 3.8) is 0 Å². The number of nitrogens with zero attached hydrogens (tertiary/aromatic N) is 3. The van der Waals surface area contributed by atoms with E-state index in [1.54, 1.807) is 0 Å². The maximum atomic E-state index is 15.6. The molecule has 1 atom stereocenters. The predicted molar refractivity (Wildman–Crippen MR) is 170 cm³/mol. The molecule has 8 heteroatoms. The number of pyridine rings is 1. The summed E-state index contributed by atoms with van der Waals surface area (Å²) in [4.78, 5) is 21.3. The van der Waals surface area contributed by atoms with Crippen LogP contribution in [0, 0.1) is 5.41 Å². The lowest BCUT2D eigenvalue weighted by Gasteiger charge is -2.51. The molecule has 3 aromatic rings. The predicted octanol–water partition coefficient (Wildman–Crippen LogP) is 6.50. The molecule has 0 unspecified atom stereocenters. The number of rotatable bonds is 8. The van der Waals surface area contributed by atoms with Gasteiger partial charge in [-0.1, -0.05) is 75.4 Å². The maximum Gasteiger partial charge on any atom is 0.306 e. The largest absolute Gasteiger partial charge is 0.469 e. The van der Waals surface area contributed by atoms with Crippen LogP contribution in [0.1, 0.15) is 61.9 Å². The average Bonchev–Trinajstić information content (AvgIpc) is 3.25. The first kappa shape index (κ1) is 30.7. The number of anilines is 1. The van der Waals surface area contributed by atoms with E-state index in [4.69, 9.17) is 9.72 Å². The molecule has 0 saturated carbocycles. The number of halogens is 2. The summed E-state index contributed by atoms with van der Waals surface area (Å²) in [5.74, 6) is -2.37. The first-order valence-electron chi connectivity index (χ1n) is 15.8. The molecule has 4 heterocycles. The Hall–Kier alpha value is -3.36. The van der Waals surface area contributed by atoms with Gasteiger partial charge in [0.05, 0.1) is 31.2 Å². The molecule has 44 heavy (non-hydrogen) atoms. The number of carbonyl (C=O) groups excluding carboxylic acids is 1. The Morgan fingerprint density at radius 1 is 1.00 bits per heavy atom. The molecule has 0 amide bonds. The van der Waals surface area contributed by atoms with E-state index in [0.717, 1.165) is 47.6 Å². The van der Waals surface area contributed by atoms with Crippen molar-refractivity contribution in [3.8, 4) is 11.1 Å². The first-order valence-corrected chi connectivity index (χ1v) is 15.8. The van der Waals surface area contributed by atoms with Crippen LogP contribution in [0.4, 0.5) is 14.6 Å². The third kappa shape index (κ3) is 6.24. The Morgan fingerprint density at radius 2 is 1.75 bits per heavy atom. The summed E-state index contributed by atoms with van der Waals surface area (Å²) in [6.45, 7) is 9.06. The van der Waals surface area contributed by atoms with Gasteiger partial charge in [0.2, 0.25) is 0 Å². The Morgan fingerprint density at radius 3 is 2.48 bits per heavy atom. The molecule has 0 bridgehead atoms. The Kier molecular flexibility index (Phi) is 8.26. The van der Waals surface area contributed by atoms with Gasteiger partial charge in [-0.25, -0.2) is 13.8 Å². The van der Waals surface area contributed by atoms with Gasteiger partial charge < -0.3 is 15.0 Å². The van der Waals surface area contributed by atoms with Crippen LogP contribution in [-0.2, 0) is 27.9 Å². The number of aromatic nitrogens is 1. The van der Waals surface area contributed by atoms with E-state index >= 15 is 8.78 Å². The third-order valence-electron chi connectivity index (χ3n) is 9.63. The number of benzene rings is 2. The highest BCUT2D eigenvalue weighted by molar-refractivity contribution is 5.71. The van der Waals surface area contributed by atoms with Crippen molar-refractivity contribution in [2.24, 2.45) is 5.41 Å². The molecule has 2 aromatic carbocycles. The zero-order chi connectivity index (χ0) is 31.1. The molecule has 0 aliphatic carbocycles. The third-order valence-corrected chi connectivity index (χ3v) is 9.63. The summed E-state index contributed by atoms with van der Waals surface area (Å²) < 4.78 is 36.3. The summed E-state index contributed by atoms with van der Waals surface area (Å²) >= 11 is 0. The van der Waals surface area contributed by atoms with Gasteiger partial charge in [0.15, 0.2) is 0 Å². The van der Waals surface area contributed by atoms with Crippen molar-refractivity contribution in [2.45, 2.75) is 63.8 Å². The molecule has 234 valence electrons. The number of alkyl halides is 2. The molecule has 6 nitrogen and oxygen atoms in total. The molecule has 1 spiro atoms. The molecule has 1 aromatic heterocycles. The van der Waals surface area contributed by atoms with Crippen LogP contribution >= 0.6 is 0 Å². The van der Waals surface area contributed by atoms with Crippen LogP contribution in [0.5, 0.6) is 0 Å². The summed E-state index contributed by atoms with van der Waals surface area (Å²) in [5.41, 5.74) is 5.24. The highest BCUT2D eigenvalue weighted by atomic mass is 19.3. The fraction of sp³-hybridized carbons (Fsp3) is 0.500. The number of esters is 1. The van der Waals surface area contributed by atoms with Crippen LogP contribution in [-0.4, -0.2) is 73.1 Å². The average molecular weight is 603 g/mol. The van der Waals surface area contributed by atoms with Crippen LogP contribution in [0.3, 0.4) is 0 Å². The number of hydrogen-bond acceptors (Lipinski definition) is 6. The Balaban J connectivity index is 1.19. The highest BCUT2D eigenvalue weighted by Gasteiger charge is 2.65. The van der Waals surface area contributed by atoms with E-state index < -0.39 is 11.3 Å². The van der Waals surface area contributed by atoms with Crippen molar-refractivity contribution in [1.82, 2.24) is 14.8 Å². The van der Waals surface area contributed by atoms with E-state index in [1.807, 2.05) is 29.2 Å². The number of methoxy groups -OCH3 is 1. The second-order valence-corrected chi connectivity index (χ2v) is 14.1. The molecule has 6 rings (SSSR count). The lowest BCUT2D eigenvalue weighted by Crippen LogP contribution is -2.65. The second-order valence-electron chi connectivity index (χ2n) is 14.1. The molecule has 3 aliphatic rings. The quantitative estimate of drug-likeness (QED) is 0.297. The van der Waals surface area contributed by atoms with E-state index in [-0.39, 0.29) is 30.3 Å². The molecule has 2 fully saturated rings. The van der Waals surface area contributed by atoms with Crippen LogP contribution in [0.2, 0.25) is 0 Å². The number of fused-ring (bicyclic) bond motifs is 1. The molecular formula is C36H44F2N4O2. The van der Waals surface area contributed by atoms with Crippen LogP contribution < -0.4 is 5.32 Å². The number of nitrogens with one attached hydrogen (secondary N) is 1. The summed E-state index contributed by atoms with van der Waals surface area (Å²) in [5, 5.41) is 3.34. The standard InChI is InChI=1S/C36H44F2N4O2/c1-34(2,3)30-16-27(25-9-6-5-7-10-25)15-28(17-30)29(18-32(43)44-4)19-41-21-35(22-41)23-42(24-36(35,37)38)20-31-13-12-26-11-8-14-39-33(26)40-31/h5-7,9-10,12-13,15-17,29H,8,11,14,18-24H2,1-4H3,(H,39,40)/t29-/m1/s1. The van der Waals surface area contributed by atoms with Gasteiger partial charge in [-0.05, 0) is 52.1 Å². The minimum Gasteiger partial charge on any atom is -0.469 e. The Labute approximate surface area is 259 Å². The van der Waals surface area contributed by atoms with Gasteiger partial charge in [-0.15, -0.1) is 0 Å². The zero-order valence-electron chi connectivity index (χ0n) is 26.3. The van der Waals surface area contributed by atoms with Crippen molar-refractivity contribution < 1.29 is 18.3 Å². The highest BCUT2D eigenvalue weighted by Crippen LogP contribution is 2.51. The van der Waals surface area contributed by atoms with E-state index in [1.165, 1.54) is 18.2 Å². The smallest absolute Gasteiger partial charge is 0.306 e. The molecule has 0 radical (unpaired) electrons. The van der Waals surface area contributed by atoms with Gasteiger partial charge in [0.25, 0.3) is 5.92 Å².